The van der Waals surface area contributed by atoms with Crippen molar-refractivity contribution < 1.29 is 0 Å². The molecule has 0 fully saturated rings. The number of fused-ring (bicyclic) bond motifs is 1. The van der Waals surface area contributed by atoms with E-state index in [1.54, 1.807) is 19.4 Å². The Hall–Kier alpha value is -2.51. The van der Waals surface area contributed by atoms with Gasteiger partial charge in [0.2, 0.25) is 0 Å². The number of rotatable bonds is 3. The summed E-state index contributed by atoms with van der Waals surface area (Å²) < 4.78 is 0. The highest BCUT2D eigenvalue weighted by molar-refractivity contribution is 5.86. The van der Waals surface area contributed by atoms with Crippen molar-refractivity contribution in [3.05, 3.63) is 24.3 Å². The Labute approximate surface area is 96.1 Å². The van der Waals surface area contributed by atoms with Crippen molar-refractivity contribution in [2.45, 2.75) is 6.54 Å². The first-order valence-corrected chi connectivity index (χ1v) is 5.08. The van der Waals surface area contributed by atoms with Crippen LogP contribution in [0.4, 0.5) is 5.69 Å². The van der Waals surface area contributed by atoms with Crippen LogP contribution in [0, 0.1) is 0 Å². The van der Waals surface area contributed by atoms with Crippen LogP contribution < -0.4 is 5.32 Å². The molecule has 0 aliphatic carbocycles. The van der Waals surface area contributed by atoms with E-state index in [-0.39, 0.29) is 0 Å². The normalized spacial score (nSPS) is 10.9. The number of nitrogens with one attached hydrogen (secondary N) is 2. The third kappa shape index (κ3) is 1.80. The van der Waals surface area contributed by atoms with Crippen molar-refractivity contribution in [1.82, 2.24) is 35.4 Å². The number of pyridine rings is 1. The van der Waals surface area contributed by atoms with Gasteiger partial charge in [-0.2, -0.15) is 9.90 Å². The maximum atomic E-state index is 4.18. The number of anilines is 1. The summed E-state index contributed by atoms with van der Waals surface area (Å²) in [5.41, 5.74) is 2.61. The van der Waals surface area contributed by atoms with Gasteiger partial charge in [-0.1, -0.05) is 0 Å². The summed E-state index contributed by atoms with van der Waals surface area (Å²) in [5, 5.41) is 21.8. The van der Waals surface area contributed by atoms with Gasteiger partial charge in [0.1, 0.15) is 11.0 Å². The number of hydrogen-bond donors (Lipinski definition) is 2. The van der Waals surface area contributed by atoms with Crippen molar-refractivity contribution in [2.24, 2.45) is 7.05 Å². The first kappa shape index (κ1) is 9.70. The van der Waals surface area contributed by atoms with Gasteiger partial charge in [0.25, 0.3) is 0 Å². The zero-order chi connectivity index (χ0) is 11.7. The Morgan fingerprint density at radius 2 is 2.41 bits per heavy atom. The van der Waals surface area contributed by atoms with Gasteiger partial charge in [-0.3, -0.25) is 10.1 Å². The zero-order valence-electron chi connectivity index (χ0n) is 9.12. The van der Waals surface area contributed by atoms with Crippen LogP contribution in [-0.2, 0) is 13.6 Å². The van der Waals surface area contributed by atoms with Crippen molar-refractivity contribution in [3.63, 3.8) is 0 Å². The standard InChI is InChI=1S/C9H10N8/c1-17-15-8(13-16-17)5-11-6-2-3-10-7-4-12-14-9(6)7/h2-4H,5H2,1H3,(H,10,11)(H,12,14). The second-order valence-electron chi connectivity index (χ2n) is 3.54. The molecule has 0 radical (unpaired) electrons. The number of aromatic amines is 1. The lowest BCUT2D eigenvalue weighted by Gasteiger charge is -2.03. The molecule has 0 amide bonds. The lowest BCUT2D eigenvalue weighted by Crippen LogP contribution is -2.03. The van der Waals surface area contributed by atoms with Gasteiger partial charge in [0, 0.05) is 6.20 Å². The molecule has 0 unspecified atom stereocenters. The van der Waals surface area contributed by atoms with Crippen LogP contribution in [0.3, 0.4) is 0 Å². The number of aryl methyl sites for hydroxylation is 1. The smallest absolute Gasteiger partial charge is 0.193 e. The van der Waals surface area contributed by atoms with E-state index in [0.29, 0.717) is 12.4 Å². The number of hydrogen-bond acceptors (Lipinski definition) is 6. The lowest BCUT2D eigenvalue weighted by atomic mass is 10.3. The fraction of sp³-hybridized carbons (Fsp3) is 0.222. The van der Waals surface area contributed by atoms with E-state index < -0.39 is 0 Å². The predicted molar refractivity (Wildman–Crippen MR) is 60.0 cm³/mol. The molecule has 0 aliphatic rings. The lowest BCUT2D eigenvalue weighted by molar-refractivity contribution is 0.628. The van der Waals surface area contributed by atoms with E-state index in [1.807, 2.05) is 6.07 Å². The molecule has 0 saturated carbocycles. The third-order valence-corrected chi connectivity index (χ3v) is 2.33. The van der Waals surface area contributed by atoms with Crippen LogP contribution >= 0.6 is 0 Å². The van der Waals surface area contributed by atoms with Gasteiger partial charge >= 0.3 is 0 Å². The Kier molecular flexibility index (Phi) is 2.18. The third-order valence-electron chi connectivity index (χ3n) is 2.33. The summed E-state index contributed by atoms with van der Waals surface area (Å²) in [7, 11) is 1.73. The number of nitrogens with zero attached hydrogens (tertiary/aromatic N) is 6. The zero-order valence-corrected chi connectivity index (χ0v) is 9.12. The number of aromatic nitrogens is 7. The largest absolute Gasteiger partial charge is 0.376 e. The van der Waals surface area contributed by atoms with Crippen LogP contribution in [0.25, 0.3) is 11.0 Å². The molecule has 8 heteroatoms. The highest BCUT2D eigenvalue weighted by Crippen LogP contribution is 2.18. The summed E-state index contributed by atoms with van der Waals surface area (Å²) in [4.78, 5) is 5.61. The minimum atomic E-state index is 0.506. The second-order valence-corrected chi connectivity index (χ2v) is 3.54. The topological polar surface area (TPSA) is 97.2 Å². The molecule has 8 nitrogen and oxygen atoms in total. The van der Waals surface area contributed by atoms with Gasteiger partial charge in [0.05, 0.1) is 25.5 Å². The van der Waals surface area contributed by atoms with E-state index in [4.69, 9.17) is 0 Å². The maximum Gasteiger partial charge on any atom is 0.193 e. The monoisotopic (exact) mass is 230 g/mol. The fourth-order valence-corrected chi connectivity index (χ4v) is 1.57. The predicted octanol–water partition coefficient (Wildman–Crippen LogP) is 0.0935. The van der Waals surface area contributed by atoms with Gasteiger partial charge in [-0.05, 0) is 11.3 Å². The molecule has 2 N–H and O–H groups in total. The van der Waals surface area contributed by atoms with E-state index in [1.165, 1.54) is 4.80 Å². The van der Waals surface area contributed by atoms with Gasteiger partial charge in [-0.25, -0.2) is 0 Å². The number of H-pyrrole nitrogens is 1. The minimum absolute atomic E-state index is 0.506. The summed E-state index contributed by atoms with van der Waals surface area (Å²) in [6, 6.07) is 1.87. The van der Waals surface area contributed by atoms with Crippen molar-refractivity contribution >= 4 is 16.7 Å². The molecule has 0 saturated heterocycles. The Morgan fingerprint density at radius 3 is 3.24 bits per heavy atom. The maximum absolute atomic E-state index is 4.18. The SMILES string of the molecule is Cn1nnc(CNc2ccnc3cn[nH]c23)n1. The Morgan fingerprint density at radius 1 is 1.47 bits per heavy atom. The molecular formula is C9H10N8. The van der Waals surface area contributed by atoms with Gasteiger partial charge in [0.15, 0.2) is 5.82 Å². The summed E-state index contributed by atoms with van der Waals surface area (Å²) >= 11 is 0. The molecule has 3 aromatic heterocycles. The van der Waals surface area contributed by atoms with Crippen LogP contribution in [0.15, 0.2) is 18.5 Å². The van der Waals surface area contributed by atoms with E-state index in [2.05, 4.69) is 35.9 Å². The second kappa shape index (κ2) is 3.81. The summed E-state index contributed by atoms with van der Waals surface area (Å²) in [6.07, 6.45) is 3.41. The molecule has 0 bridgehead atoms. The number of tetrazole rings is 1. The van der Waals surface area contributed by atoms with E-state index >= 15 is 0 Å². The molecule has 0 spiro atoms. The minimum Gasteiger partial charge on any atom is -0.376 e. The van der Waals surface area contributed by atoms with Crippen molar-refractivity contribution in [1.29, 1.82) is 0 Å². The van der Waals surface area contributed by atoms with Gasteiger partial charge < -0.3 is 5.32 Å². The summed E-state index contributed by atoms with van der Waals surface area (Å²) in [5.74, 6) is 0.636. The molecule has 3 aromatic rings. The first-order valence-electron chi connectivity index (χ1n) is 5.08. The van der Waals surface area contributed by atoms with Crippen LogP contribution in [0.1, 0.15) is 5.82 Å². The average molecular weight is 230 g/mol. The van der Waals surface area contributed by atoms with Crippen molar-refractivity contribution in [3.8, 4) is 0 Å². The summed E-state index contributed by atoms with van der Waals surface area (Å²) in [6.45, 7) is 0.506. The van der Waals surface area contributed by atoms with Crippen LogP contribution in [-0.4, -0.2) is 35.4 Å². The van der Waals surface area contributed by atoms with Crippen molar-refractivity contribution in [2.75, 3.05) is 5.32 Å². The Bertz CT molecular complexity index is 639. The molecule has 0 aliphatic heterocycles. The molecular weight excluding hydrogens is 220 g/mol. The highest BCUT2D eigenvalue weighted by Gasteiger charge is 2.05. The molecule has 86 valence electrons. The molecule has 3 heterocycles. The van der Waals surface area contributed by atoms with E-state index in [9.17, 15) is 0 Å². The quantitative estimate of drug-likeness (QED) is 0.662. The Balaban J connectivity index is 1.83. The molecule has 3 rings (SSSR count). The fourth-order valence-electron chi connectivity index (χ4n) is 1.57. The molecule has 0 aromatic carbocycles. The highest BCUT2D eigenvalue weighted by atomic mass is 15.6. The van der Waals surface area contributed by atoms with Gasteiger partial charge in [-0.15, -0.1) is 10.2 Å². The van der Waals surface area contributed by atoms with Crippen LogP contribution in [0.2, 0.25) is 0 Å². The average Bonchev–Trinajstić information content (AvgIpc) is 2.94. The van der Waals surface area contributed by atoms with E-state index in [0.717, 1.165) is 16.7 Å². The molecule has 17 heavy (non-hydrogen) atoms. The first-order chi connectivity index (χ1) is 8.33. The molecule has 0 atom stereocenters. The van der Waals surface area contributed by atoms with Crippen LogP contribution in [0.5, 0.6) is 0 Å².